The maximum atomic E-state index is 11.8. The Hall–Kier alpha value is -2.14. The zero-order valence-corrected chi connectivity index (χ0v) is 10.5. The Balaban J connectivity index is 1.89. The number of rotatable bonds is 2. The Morgan fingerprint density at radius 1 is 1.39 bits per heavy atom. The number of carbonyl (C=O) groups excluding carboxylic acids is 1. The highest BCUT2D eigenvalue weighted by atomic mass is 32.1. The third kappa shape index (κ3) is 1.89. The summed E-state index contributed by atoms with van der Waals surface area (Å²) in [6.45, 7) is 0. The molecular weight excluding hydrogens is 248 g/mol. The van der Waals surface area contributed by atoms with Gasteiger partial charge in [-0.05, 0) is 23.6 Å². The summed E-state index contributed by atoms with van der Waals surface area (Å²) in [5.74, 6) is 0.180. The summed E-state index contributed by atoms with van der Waals surface area (Å²) in [6.07, 6.45) is 1.73. The van der Waals surface area contributed by atoms with Gasteiger partial charge in [0.1, 0.15) is 10.6 Å². The molecule has 2 aromatic heterocycles. The first-order chi connectivity index (χ1) is 8.74. The molecule has 0 atom stereocenters. The summed E-state index contributed by atoms with van der Waals surface area (Å²) in [4.78, 5) is 16.6. The Morgan fingerprint density at radius 2 is 2.28 bits per heavy atom. The van der Waals surface area contributed by atoms with Gasteiger partial charge in [0.25, 0.3) is 0 Å². The number of nitrogens with zero attached hydrogens (tertiary/aromatic N) is 2. The van der Waals surface area contributed by atoms with Crippen LogP contribution in [0.15, 0.2) is 42.0 Å². The number of esters is 1. The first kappa shape index (κ1) is 11.0. The minimum absolute atomic E-state index is 0.333. The number of imidazole rings is 1. The molecule has 3 rings (SSSR count). The molecule has 0 amide bonds. The van der Waals surface area contributed by atoms with E-state index in [4.69, 9.17) is 4.74 Å². The smallest absolute Gasteiger partial charge is 0.353 e. The molecule has 0 bridgehead atoms. The van der Waals surface area contributed by atoms with Crippen molar-refractivity contribution in [2.45, 2.75) is 0 Å². The van der Waals surface area contributed by atoms with Gasteiger partial charge in [0, 0.05) is 13.1 Å². The van der Waals surface area contributed by atoms with E-state index in [1.807, 2.05) is 29.1 Å². The lowest BCUT2D eigenvalue weighted by Crippen LogP contribution is -2.06. The van der Waals surface area contributed by atoms with Crippen LogP contribution in [0.4, 0.5) is 0 Å². The van der Waals surface area contributed by atoms with Gasteiger partial charge in [-0.1, -0.05) is 6.07 Å². The first-order valence-corrected chi connectivity index (χ1v) is 6.29. The Morgan fingerprint density at radius 3 is 3.06 bits per heavy atom. The molecule has 90 valence electrons. The molecule has 5 heteroatoms. The van der Waals surface area contributed by atoms with E-state index in [0.29, 0.717) is 10.6 Å². The Bertz CT molecular complexity index is 701. The molecule has 0 aliphatic rings. The summed E-state index contributed by atoms with van der Waals surface area (Å²) in [7, 11) is 1.92. The highest BCUT2D eigenvalue weighted by Gasteiger charge is 2.10. The second-order valence-electron chi connectivity index (χ2n) is 3.87. The quantitative estimate of drug-likeness (QED) is 0.524. The zero-order valence-electron chi connectivity index (χ0n) is 9.66. The van der Waals surface area contributed by atoms with Crippen LogP contribution in [0.25, 0.3) is 11.0 Å². The Labute approximate surface area is 107 Å². The highest BCUT2D eigenvalue weighted by Crippen LogP contribution is 2.21. The summed E-state index contributed by atoms with van der Waals surface area (Å²) in [6, 6.07) is 8.99. The molecule has 0 fully saturated rings. The van der Waals surface area contributed by atoms with Crippen molar-refractivity contribution in [3.05, 3.63) is 46.9 Å². The van der Waals surface area contributed by atoms with Crippen molar-refractivity contribution in [3.8, 4) is 5.75 Å². The number of hydrogen-bond acceptors (Lipinski definition) is 4. The molecule has 18 heavy (non-hydrogen) atoms. The summed E-state index contributed by atoms with van der Waals surface area (Å²) < 4.78 is 7.22. The molecule has 4 nitrogen and oxygen atoms in total. The normalized spacial score (nSPS) is 10.7. The van der Waals surface area contributed by atoms with E-state index in [0.717, 1.165) is 11.0 Å². The second-order valence-corrected chi connectivity index (χ2v) is 4.82. The predicted molar refractivity (Wildman–Crippen MR) is 70.0 cm³/mol. The van der Waals surface area contributed by atoms with E-state index in [9.17, 15) is 4.79 Å². The van der Waals surface area contributed by atoms with Gasteiger partial charge in [-0.15, -0.1) is 11.3 Å². The van der Waals surface area contributed by atoms with Crippen molar-refractivity contribution in [1.29, 1.82) is 0 Å². The molecular formula is C13H10N2O2S. The number of benzene rings is 1. The van der Waals surface area contributed by atoms with Crippen LogP contribution in [-0.2, 0) is 7.05 Å². The monoisotopic (exact) mass is 258 g/mol. The second kappa shape index (κ2) is 4.27. The molecule has 0 radical (unpaired) electrons. The van der Waals surface area contributed by atoms with Gasteiger partial charge in [-0.2, -0.15) is 0 Å². The van der Waals surface area contributed by atoms with Crippen molar-refractivity contribution in [2.24, 2.45) is 7.05 Å². The fraction of sp³-hybridized carbons (Fsp3) is 0.0769. The average Bonchev–Trinajstić information content (AvgIpc) is 2.99. The van der Waals surface area contributed by atoms with Gasteiger partial charge in [0.2, 0.25) is 0 Å². The van der Waals surface area contributed by atoms with E-state index in [1.165, 1.54) is 11.3 Å². The third-order valence-electron chi connectivity index (χ3n) is 2.63. The van der Waals surface area contributed by atoms with Crippen LogP contribution in [0.2, 0.25) is 0 Å². The van der Waals surface area contributed by atoms with Gasteiger partial charge < -0.3 is 9.30 Å². The number of fused-ring (bicyclic) bond motifs is 1. The van der Waals surface area contributed by atoms with Crippen molar-refractivity contribution in [3.63, 3.8) is 0 Å². The minimum Gasteiger partial charge on any atom is -0.422 e. The van der Waals surface area contributed by atoms with Crippen LogP contribution in [-0.4, -0.2) is 15.5 Å². The fourth-order valence-electron chi connectivity index (χ4n) is 1.73. The number of aryl methyl sites for hydroxylation is 1. The predicted octanol–water partition coefficient (Wildman–Crippen LogP) is 2.85. The van der Waals surface area contributed by atoms with Crippen LogP contribution in [0.1, 0.15) is 9.67 Å². The van der Waals surface area contributed by atoms with E-state index in [2.05, 4.69) is 4.98 Å². The van der Waals surface area contributed by atoms with Gasteiger partial charge >= 0.3 is 5.97 Å². The fourth-order valence-corrected chi connectivity index (χ4v) is 2.33. The summed E-state index contributed by atoms with van der Waals surface area (Å²) in [5.41, 5.74) is 1.82. The van der Waals surface area contributed by atoms with E-state index in [-0.39, 0.29) is 5.97 Å². The lowest BCUT2D eigenvalue weighted by Gasteiger charge is -2.02. The minimum atomic E-state index is -0.333. The van der Waals surface area contributed by atoms with E-state index in [1.54, 1.807) is 24.5 Å². The number of aromatic nitrogens is 2. The zero-order chi connectivity index (χ0) is 12.5. The number of ether oxygens (including phenoxy) is 1. The largest absolute Gasteiger partial charge is 0.422 e. The maximum Gasteiger partial charge on any atom is 0.353 e. The van der Waals surface area contributed by atoms with Crippen molar-refractivity contribution in [1.82, 2.24) is 9.55 Å². The van der Waals surface area contributed by atoms with Gasteiger partial charge in [-0.3, -0.25) is 0 Å². The SMILES string of the molecule is Cn1cnc2cc(OC(=O)c3cccs3)ccc21. The number of carbonyl (C=O) groups is 1. The van der Waals surface area contributed by atoms with Crippen molar-refractivity contribution >= 4 is 28.3 Å². The summed E-state index contributed by atoms with van der Waals surface area (Å²) in [5, 5.41) is 1.85. The van der Waals surface area contributed by atoms with Crippen LogP contribution < -0.4 is 4.74 Å². The van der Waals surface area contributed by atoms with Gasteiger partial charge in [-0.25, -0.2) is 9.78 Å². The lowest BCUT2D eigenvalue weighted by atomic mass is 10.3. The highest BCUT2D eigenvalue weighted by molar-refractivity contribution is 7.12. The van der Waals surface area contributed by atoms with Gasteiger partial charge in [0.15, 0.2) is 0 Å². The Kier molecular flexibility index (Phi) is 2.60. The topological polar surface area (TPSA) is 44.1 Å². The van der Waals surface area contributed by atoms with Gasteiger partial charge in [0.05, 0.1) is 17.4 Å². The third-order valence-corrected chi connectivity index (χ3v) is 3.48. The van der Waals surface area contributed by atoms with Crippen LogP contribution >= 0.6 is 11.3 Å². The van der Waals surface area contributed by atoms with Crippen LogP contribution in [0, 0.1) is 0 Å². The van der Waals surface area contributed by atoms with Crippen LogP contribution in [0.5, 0.6) is 5.75 Å². The molecule has 0 saturated carbocycles. The number of hydrogen-bond donors (Lipinski definition) is 0. The van der Waals surface area contributed by atoms with Crippen molar-refractivity contribution < 1.29 is 9.53 Å². The molecule has 0 saturated heterocycles. The molecule has 2 heterocycles. The molecule has 0 aliphatic heterocycles. The standard InChI is InChI=1S/C13H10N2O2S/c1-15-8-14-10-7-9(4-5-11(10)15)17-13(16)12-3-2-6-18-12/h2-8H,1H3. The lowest BCUT2D eigenvalue weighted by molar-refractivity contribution is 0.0740. The first-order valence-electron chi connectivity index (χ1n) is 5.41. The molecule has 1 aromatic carbocycles. The number of thiophene rings is 1. The maximum absolute atomic E-state index is 11.8. The van der Waals surface area contributed by atoms with E-state index < -0.39 is 0 Å². The van der Waals surface area contributed by atoms with E-state index >= 15 is 0 Å². The summed E-state index contributed by atoms with van der Waals surface area (Å²) >= 11 is 1.36. The molecule has 0 spiro atoms. The molecule has 0 unspecified atom stereocenters. The average molecular weight is 258 g/mol. The van der Waals surface area contributed by atoms with Crippen LogP contribution in [0.3, 0.4) is 0 Å². The molecule has 0 aliphatic carbocycles. The molecule has 3 aromatic rings. The van der Waals surface area contributed by atoms with Crippen molar-refractivity contribution in [2.75, 3.05) is 0 Å². The molecule has 0 N–H and O–H groups in total.